The largest absolute Gasteiger partial charge is 0.491 e. The summed E-state index contributed by atoms with van der Waals surface area (Å²) in [6.45, 7) is 2.66. The molecule has 0 bridgehead atoms. The maximum absolute atomic E-state index is 11.2. The quantitative estimate of drug-likeness (QED) is 0.605. The smallest absolute Gasteiger partial charge is 0.466 e. The Morgan fingerprint density at radius 1 is 1.59 bits per heavy atom. The molecule has 2 rings (SSSR count). The average Bonchev–Trinajstić information content (AvgIpc) is 2.69. The highest BCUT2D eigenvalue weighted by molar-refractivity contribution is 6.61. The van der Waals surface area contributed by atoms with Crippen LogP contribution in [0.15, 0.2) is 18.2 Å². The Morgan fingerprint density at radius 2 is 2.41 bits per heavy atom. The molecule has 1 aliphatic rings. The minimum Gasteiger partial charge on any atom is -0.466 e. The summed E-state index contributed by atoms with van der Waals surface area (Å²) >= 11 is 0. The lowest BCUT2D eigenvalue weighted by atomic mass is 9.78. The minimum atomic E-state index is -0.826. The van der Waals surface area contributed by atoms with Crippen molar-refractivity contribution in [2.45, 2.75) is 26.4 Å². The molecule has 1 N–H and O–H groups in total. The number of fused-ring (bicyclic) bond motifs is 1. The molecule has 4 nitrogen and oxygen atoms in total. The van der Waals surface area contributed by atoms with Crippen LogP contribution in [0.2, 0.25) is 0 Å². The van der Waals surface area contributed by atoms with Crippen LogP contribution in [0.1, 0.15) is 24.5 Å². The number of carbonyl (C=O) groups excluding carboxylic acids is 1. The zero-order valence-corrected chi connectivity index (χ0v) is 9.81. The molecule has 17 heavy (non-hydrogen) atoms. The van der Waals surface area contributed by atoms with Crippen molar-refractivity contribution < 1.29 is 19.2 Å². The summed E-state index contributed by atoms with van der Waals surface area (Å²) < 4.78 is 9.97. The zero-order valence-electron chi connectivity index (χ0n) is 9.81. The first-order chi connectivity index (χ1) is 8.20. The Balaban J connectivity index is 1.98. The van der Waals surface area contributed by atoms with Crippen molar-refractivity contribution in [2.24, 2.45) is 0 Å². The maximum atomic E-state index is 11.2. The van der Waals surface area contributed by atoms with E-state index in [1.54, 1.807) is 6.92 Å². The van der Waals surface area contributed by atoms with Gasteiger partial charge in [0.25, 0.3) is 0 Å². The van der Waals surface area contributed by atoms with Gasteiger partial charge in [-0.25, -0.2) is 0 Å². The van der Waals surface area contributed by atoms with Gasteiger partial charge in [-0.1, -0.05) is 18.2 Å². The predicted octanol–water partition coefficient (Wildman–Crippen LogP) is 0.400. The van der Waals surface area contributed by atoms with E-state index in [9.17, 15) is 9.82 Å². The van der Waals surface area contributed by atoms with Crippen LogP contribution in [0.3, 0.4) is 0 Å². The van der Waals surface area contributed by atoms with Gasteiger partial charge in [-0.2, -0.15) is 0 Å². The predicted molar refractivity (Wildman–Crippen MR) is 63.8 cm³/mol. The van der Waals surface area contributed by atoms with Crippen molar-refractivity contribution in [1.29, 1.82) is 0 Å². The van der Waals surface area contributed by atoms with Gasteiger partial charge in [-0.3, -0.25) is 4.79 Å². The van der Waals surface area contributed by atoms with E-state index in [2.05, 4.69) is 0 Å². The Bertz CT molecular complexity index is 419. The first-order valence-corrected chi connectivity index (χ1v) is 5.77. The molecule has 0 unspecified atom stereocenters. The van der Waals surface area contributed by atoms with Crippen molar-refractivity contribution >= 4 is 18.6 Å². The van der Waals surface area contributed by atoms with E-state index < -0.39 is 7.12 Å². The number of aryl methyl sites for hydroxylation is 1. The van der Waals surface area contributed by atoms with Crippen molar-refractivity contribution in [3.05, 3.63) is 29.3 Å². The van der Waals surface area contributed by atoms with E-state index in [1.807, 2.05) is 18.2 Å². The topological polar surface area (TPSA) is 55.8 Å². The lowest BCUT2D eigenvalue weighted by Gasteiger charge is -2.04. The lowest BCUT2D eigenvalue weighted by molar-refractivity contribution is -0.143. The summed E-state index contributed by atoms with van der Waals surface area (Å²) in [5.74, 6) is -0.190. The molecule has 1 aromatic carbocycles. The molecular formula is C12H15BO4. The summed E-state index contributed by atoms with van der Waals surface area (Å²) in [5, 5.41) is 9.55. The molecule has 0 aliphatic carbocycles. The third-order valence-electron chi connectivity index (χ3n) is 2.80. The average molecular weight is 234 g/mol. The molecule has 0 atom stereocenters. The van der Waals surface area contributed by atoms with E-state index in [4.69, 9.17) is 9.39 Å². The minimum absolute atomic E-state index is 0.190. The number of hydrogen-bond acceptors (Lipinski definition) is 4. The number of benzene rings is 1. The van der Waals surface area contributed by atoms with E-state index in [0.29, 0.717) is 26.1 Å². The first-order valence-electron chi connectivity index (χ1n) is 5.77. The second kappa shape index (κ2) is 5.34. The van der Waals surface area contributed by atoms with Gasteiger partial charge < -0.3 is 14.4 Å². The van der Waals surface area contributed by atoms with Gasteiger partial charge in [0.15, 0.2) is 0 Å². The van der Waals surface area contributed by atoms with Crippen LogP contribution < -0.4 is 5.46 Å². The normalized spacial score (nSPS) is 13.6. The first kappa shape index (κ1) is 12.1. The van der Waals surface area contributed by atoms with Gasteiger partial charge in [0, 0.05) is 6.42 Å². The molecule has 5 heteroatoms. The summed E-state index contributed by atoms with van der Waals surface area (Å²) in [6, 6.07) is 5.79. The van der Waals surface area contributed by atoms with Crippen molar-refractivity contribution in [1.82, 2.24) is 0 Å². The van der Waals surface area contributed by atoms with Crippen LogP contribution in [0.25, 0.3) is 0 Å². The van der Waals surface area contributed by atoms with Gasteiger partial charge in [0.2, 0.25) is 0 Å². The van der Waals surface area contributed by atoms with Gasteiger partial charge in [-0.15, -0.1) is 0 Å². The Morgan fingerprint density at radius 3 is 3.18 bits per heavy atom. The monoisotopic (exact) mass is 234 g/mol. The molecule has 0 fully saturated rings. The van der Waals surface area contributed by atoms with Gasteiger partial charge in [0.1, 0.15) is 0 Å². The fourth-order valence-electron chi connectivity index (χ4n) is 1.90. The third-order valence-corrected chi connectivity index (χ3v) is 2.80. The molecule has 0 aromatic heterocycles. The lowest BCUT2D eigenvalue weighted by Crippen LogP contribution is -2.28. The molecule has 0 saturated carbocycles. The van der Waals surface area contributed by atoms with Crippen LogP contribution in [0.5, 0.6) is 0 Å². The Labute approximate surface area is 101 Å². The highest BCUT2D eigenvalue weighted by atomic mass is 16.5. The zero-order chi connectivity index (χ0) is 12.3. The molecule has 0 amide bonds. The highest BCUT2D eigenvalue weighted by Crippen LogP contribution is 2.12. The molecule has 0 saturated heterocycles. The number of esters is 1. The summed E-state index contributed by atoms with van der Waals surface area (Å²) in [5.41, 5.74) is 2.84. The number of rotatable bonds is 4. The summed E-state index contributed by atoms with van der Waals surface area (Å²) in [7, 11) is -0.826. The SMILES string of the molecule is CCOC(=O)CCc1ccc2c(c1)B(O)OC2. The van der Waals surface area contributed by atoms with E-state index in [-0.39, 0.29) is 5.97 Å². The fraction of sp³-hybridized carbons (Fsp3) is 0.417. The highest BCUT2D eigenvalue weighted by Gasteiger charge is 2.27. The van der Waals surface area contributed by atoms with Crippen LogP contribution in [0.4, 0.5) is 0 Å². The number of hydrogen-bond donors (Lipinski definition) is 1. The standard InChI is InChI=1S/C12H15BO4/c1-2-16-12(14)6-4-9-3-5-10-8-17-13(15)11(10)7-9/h3,5,7,15H,2,4,6,8H2,1H3. The van der Waals surface area contributed by atoms with E-state index in [0.717, 1.165) is 16.6 Å². The van der Waals surface area contributed by atoms with Crippen LogP contribution in [0, 0.1) is 0 Å². The van der Waals surface area contributed by atoms with Gasteiger partial charge in [0.05, 0.1) is 13.2 Å². The molecule has 1 aromatic rings. The molecular weight excluding hydrogens is 219 g/mol. The Hall–Kier alpha value is -1.33. The summed E-state index contributed by atoms with van der Waals surface area (Å²) in [4.78, 5) is 11.2. The van der Waals surface area contributed by atoms with Gasteiger partial charge >= 0.3 is 13.1 Å². The van der Waals surface area contributed by atoms with Crippen LogP contribution >= 0.6 is 0 Å². The molecule has 90 valence electrons. The Kier molecular flexibility index (Phi) is 3.81. The number of carbonyl (C=O) groups is 1. The van der Waals surface area contributed by atoms with E-state index >= 15 is 0 Å². The number of ether oxygens (including phenoxy) is 1. The summed E-state index contributed by atoms with van der Waals surface area (Å²) in [6.07, 6.45) is 0.989. The van der Waals surface area contributed by atoms with Crippen molar-refractivity contribution in [3.8, 4) is 0 Å². The molecule has 0 radical (unpaired) electrons. The van der Waals surface area contributed by atoms with Crippen molar-refractivity contribution in [3.63, 3.8) is 0 Å². The maximum Gasteiger partial charge on any atom is 0.491 e. The van der Waals surface area contributed by atoms with E-state index in [1.165, 1.54) is 0 Å². The molecule has 0 spiro atoms. The molecule has 1 aliphatic heterocycles. The van der Waals surface area contributed by atoms with Crippen molar-refractivity contribution in [2.75, 3.05) is 6.61 Å². The van der Waals surface area contributed by atoms with Gasteiger partial charge in [-0.05, 0) is 29.9 Å². The second-order valence-corrected chi connectivity index (χ2v) is 4.00. The third kappa shape index (κ3) is 2.87. The fourth-order valence-corrected chi connectivity index (χ4v) is 1.90. The van der Waals surface area contributed by atoms with Crippen LogP contribution in [-0.4, -0.2) is 24.7 Å². The molecule has 1 heterocycles. The van der Waals surface area contributed by atoms with Crippen LogP contribution in [-0.2, 0) is 27.2 Å². The second-order valence-electron chi connectivity index (χ2n) is 4.00.